The number of hydrogen-bond acceptors (Lipinski definition) is 4. The van der Waals surface area contributed by atoms with E-state index in [1.807, 2.05) is 44.2 Å². The molecular weight excluding hydrogens is 288 g/mol. The summed E-state index contributed by atoms with van der Waals surface area (Å²) in [6.45, 7) is 10.2. The average molecular weight is 310 g/mol. The molecule has 0 amide bonds. The van der Waals surface area contributed by atoms with Gasteiger partial charge < -0.3 is 9.15 Å². The number of benzene rings is 1. The summed E-state index contributed by atoms with van der Waals surface area (Å²) in [5.41, 5.74) is 1.82. The molecule has 1 heterocycles. The first-order valence-electron chi connectivity index (χ1n) is 7.64. The van der Waals surface area contributed by atoms with Crippen molar-refractivity contribution >= 4 is 0 Å². The van der Waals surface area contributed by atoms with Crippen LogP contribution in [0.1, 0.15) is 18.4 Å². The molecule has 0 saturated heterocycles. The molecule has 0 aliphatic heterocycles. The number of hydrogen-bond donors (Lipinski definition) is 0. The SMILES string of the molecule is C#CCN(CC=C)Cc1nc(-c2ccc(OCC)cc2)oc1C. The molecule has 0 saturated carbocycles. The molecule has 2 rings (SSSR count). The molecule has 0 fully saturated rings. The Bertz CT molecular complexity index is 680. The number of nitrogens with zero attached hydrogens (tertiary/aromatic N) is 2. The van der Waals surface area contributed by atoms with Crippen LogP contribution in [0.2, 0.25) is 0 Å². The van der Waals surface area contributed by atoms with Crippen molar-refractivity contribution in [1.82, 2.24) is 9.88 Å². The highest BCUT2D eigenvalue weighted by molar-refractivity contribution is 5.55. The van der Waals surface area contributed by atoms with Crippen LogP contribution in [0, 0.1) is 19.3 Å². The summed E-state index contributed by atoms with van der Waals surface area (Å²) in [7, 11) is 0. The van der Waals surface area contributed by atoms with Gasteiger partial charge in [0, 0.05) is 18.7 Å². The molecule has 1 aromatic heterocycles. The Morgan fingerprint density at radius 1 is 1.39 bits per heavy atom. The minimum atomic E-state index is 0.552. The summed E-state index contributed by atoms with van der Waals surface area (Å²) in [5.74, 6) is 4.91. The molecule has 0 spiro atoms. The molecule has 0 radical (unpaired) electrons. The fourth-order valence-electron chi connectivity index (χ4n) is 2.27. The van der Waals surface area contributed by atoms with Crippen molar-refractivity contribution in [2.75, 3.05) is 19.7 Å². The summed E-state index contributed by atoms with van der Waals surface area (Å²) in [5, 5.41) is 0. The van der Waals surface area contributed by atoms with Crippen molar-refractivity contribution in [3.05, 3.63) is 48.4 Å². The van der Waals surface area contributed by atoms with Gasteiger partial charge in [0.2, 0.25) is 5.89 Å². The maximum atomic E-state index is 5.80. The highest BCUT2D eigenvalue weighted by Crippen LogP contribution is 2.24. The first-order valence-corrected chi connectivity index (χ1v) is 7.64. The second-order valence-corrected chi connectivity index (χ2v) is 5.14. The van der Waals surface area contributed by atoms with E-state index in [2.05, 4.69) is 22.4 Å². The molecule has 0 bridgehead atoms. The van der Waals surface area contributed by atoms with Crippen LogP contribution in [0.15, 0.2) is 41.3 Å². The first kappa shape index (κ1) is 16.9. The van der Waals surface area contributed by atoms with E-state index in [1.54, 1.807) is 0 Å². The molecule has 4 nitrogen and oxygen atoms in total. The van der Waals surface area contributed by atoms with Gasteiger partial charge in [-0.05, 0) is 38.1 Å². The lowest BCUT2D eigenvalue weighted by molar-refractivity contribution is 0.326. The van der Waals surface area contributed by atoms with E-state index in [1.165, 1.54) is 0 Å². The highest BCUT2D eigenvalue weighted by Gasteiger charge is 2.14. The van der Waals surface area contributed by atoms with E-state index in [9.17, 15) is 0 Å². The molecule has 4 heteroatoms. The van der Waals surface area contributed by atoms with Gasteiger partial charge in [-0.15, -0.1) is 13.0 Å². The van der Waals surface area contributed by atoms with E-state index in [-0.39, 0.29) is 0 Å². The zero-order chi connectivity index (χ0) is 16.7. The van der Waals surface area contributed by atoms with Crippen LogP contribution < -0.4 is 4.74 Å². The lowest BCUT2D eigenvalue weighted by Gasteiger charge is -2.15. The third kappa shape index (κ3) is 4.48. The van der Waals surface area contributed by atoms with Gasteiger partial charge in [0.1, 0.15) is 11.5 Å². The smallest absolute Gasteiger partial charge is 0.226 e. The van der Waals surface area contributed by atoms with Gasteiger partial charge in [0.25, 0.3) is 0 Å². The van der Waals surface area contributed by atoms with E-state index in [0.29, 0.717) is 25.6 Å². The molecule has 0 N–H and O–H groups in total. The van der Waals surface area contributed by atoms with Crippen molar-refractivity contribution in [2.45, 2.75) is 20.4 Å². The Balaban J connectivity index is 2.16. The van der Waals surface area contributed by atoms with E-state index < -0.39 is 0 Å². The average Bonchev–Trinajstić information content (AvgIpc) is 2.90. The molecule has 0 aliphatic rings. The Labute approximate surface area is 137 Å². The topological polar surface area (TPSA) is 38.5 Å². The van der Waals surface area contributed by atoms with Crippen LogP contribution in [0.4, 0.5) is 0 Å². The maximum absolute atomic E-state index is 5.80. The van der Waals surface area contributed by atoms with Crippen LogP contribution in [-0.2, 0) is 6.54 Å². The van der Waals surface area contributed by atoms with Crippen molar-refractivity contribution < 1.29 is 9.15 Å². The van der Waals surface area contributed by atoms with E-state index >= 15 is 0 Å². The lowest BCUT2D eigenvalue weighted by atomic mass is 10.2. The summed E-state index contributed by atoms with van der Waals surface area (Å²) < 4.78 is 11.2. The molecule has 1 aromatic carbocycles. The van der Waals surface area contributed by atoms with Crippen molar-refractivity contribution in [3.63, 3.8) is 0 Å². The third-order valence-electron chi connectivity index (χ3n) is 3.38. The predicted molar refractivity (Wildman–Crippen MR) is 92.2 cm³/mol. The minimum Gasteiger partial charge on any atom is -0.494 e. The van der Waals surface area contributed by atoms with Crippen LogP contribution in [-0.4, -0.2) is 29.6 Å². The Hall–Kier alpha value is -2.51. The number of ether oxygens (including phenoxy) is 1. The first-order chi connectivity index (χ1) is 11.2. The van der Waals surface area contributed by atoms with Gasteiger partial charge in [-0.25, -0.2) is 4.98 Å². The van der Waals surface area contributed by atoms with Crippen LogP contribution in [0.25, 0.3) is 11.5 Å². The van der Waals surface area contributed by atoms with Gasteiger partial charge in [0.05, 0.1) is 18.8 Å². The summed E-state index contributed by atoms with van der Waals surface area (Å²) in [4.78, 5) is 6.69. The molecule has 120 valence electrons. The normalized spacial score (nSPS) is 10.5. The molecule has 23 heavy (non-hydrogen) atoms. The number of terminal acetylenes is 1. The summed E-state index contributed by atoms with van der Waals surface area (Å²) >= 11 is 0. The van der Waals surface area contributed by atoms with E-state index in [0.717, 1.165) is 29.3 Å². The second-order valence-electron chi connectivity index (χ2n) is 5.14. The van der Waals surface area contributed by atoms with Crippen molar-refractivity contribution in [2.24, 2.45) is 0 Å². The fraction of sp³-hybridized carbons (Fsp3) is 0.316. The lowest BCUT2D eigenvalue weighted by Crippen LogP contribution is -2.24. The zero-order valence-electron chi connectivity index (χ0n) is 13.7. The summed E-state index contributed by atoms with van der Waals surface area (Å²) in [6, 6.07) is 7.73. The standard InChI is InChI=1S/C19H22N2O2/c1-5-12-21(13-6-2)14-18-15(4)23-19(20-18)16-8-10-17(11-9-16)22-7-3/h1,6,8-11H,2,7,12-14H2,3-4H3. The van der Waals surface area contributed by atoms with E-state index in [4.69, 9.17) is 15.6 Å². The highest BCUT2D eigenvalue weighted by atomic mass is 16.5. The number of aryl methyl sites for hydroxylation is 1. The zero-order valence-corrected chi connectivity index (χ0v) is 13.7. The maximum Gasteiger partial charge on any atom is 0.226 e. The van der Waals surface area contributed by atoms with Gasteiger partial charge in [-0.3, -0.25) is 4.90 Å². The quantitative estimate of drug-likeness (QED) is 0.551. The Kier molecular flexibility index (Phi) is 6.02. The Morgan fingerprint density at radius 3 is 2.74 bits per heavy atom. The molecule has 0 aliphatic carbocycles. The van der Waals surface area contributed by atoms with Gasteiger partial charge in [0.15, 0.2) is 0 Å². The molecule has 0 atom stereocenters. The van der Waals surface area contributed by atoms with Gasteiger partial charge in [-0.2, -0.15) is 0 Å². The number of rotatable bonds is 8. The van der Waals surface area contributed by atoms with Crippen LogP contribution in [0.3, 0.4) is 0 Å². The fourth-order valence-corrected chi connectivity index (χ4v) is 2.27. The third-order valence-corrected chi connectivity index (χ3v) is 3.38. The molecule has 0 unspecified atom stereocenters. The summed E-state index contributed by atoms with van der Waals surface area (Å²) in [6.07, 6.45) is 7.24. The molecular formula is C19H22N2O2. The van der Waals surface area contributed by atoms with Crippen molar-refractivity contribution in [3.8, 4) is 29.5 Å². The minimum absolute atomic E-state index is 0.552. The van der Waals surface area contributed by atoms with Gasteiger partial charge >= 0.3 is 0 Å². The monoisotopic (exact) mass is 310 g/mol. The number of oxazole rings is 1. The Morgan fingerprint density at radius 2 is 2.13 bits per heavy atom. The van der Waals surface area contributed by atoms with Gasteiger partial charge in [-0.1, -0.05) is 12.0 Å². The van der Waals surface area contributed by atoms with Crippen LogP contribution in [0.5, 0.6) is 5.75 Å². The molecule has 2 aromatic rings. The van der Waals surface area contributed by atoms with Crippen LogP contribution >= 0.6 is 0 Å². The number of aromatic nitrogens is 1. The van der Waals surface area contributed by atoms with Crippen molar-refractivity contribution in [1.29, 1.82) is 0 Å². The second kappa shape index (κ2) is 8.21. The predicted octanol–water partition coefficient (Wildman–Crippen LogP) is 3.67. The largest absolute Gasteiger partial charge is 0.494 e.